The van der Waals surface area contributed by atoms with Crippen LogP contribution < -0.4 is 0 Å². The Morgan fingerprint density at radius 1 is 1.27 bits per heavy atom. The Morgan fingerprint density at radius 3 is 2.68 bits per heavy atom. The lowest BCUT2D eigenvalue weighted by Gasteiger charge is -2.08. The minimum absolute atomic E-state index is 0.0910. The van der Waals surface area contributed by atoms with Gasteiger partial charge in [-0.25, -0.2) is 18.4 Å². The van der Waals surface area contributed by atoms with Gasteiger partial charge in [0.25, 0.3) is 0 Å². The molecule has 0 spiro atoms. The summed E-state index contributed by atoms with van der Waals surface area (Å²) in [5, 5.41) is 0.0910. The summed E-state index contributed by atoms with van der Waals surface area (Å²) in [4.78, 5) is 8.44. The van der Waals surface area contributed by atoms with Crippen molar-refractivity contribution in [2.75, 3.05) is 0 Å². The quantitative estimate of drug-likeness (QED) is 0.739. The second-order valence-corrected chi connectivity index (χ2v) is 7.52. The molecule has 0 saturated heterocycles. The van der Waals surface area contributed by atoms with Gasteiger partial charge < -0.3 is 8.97 Å². The lowest BCUT2D eigenvalue weighted by atomic mass is 10.1. The van der Waals surface area contributed by atoms with E-state index in [-0.39, 0.29) is 16.8 Å². The Labute approximate surface area is 129 Å². The zero-order valence-electron chi connectivity index (χ0n) is 12.8. The zero-order valence-corrected chi connectivity index (χ0v) is 13.6. The van der Waals surface area contributed by atoms with Crippen LogP contribution in [0.5, 0.6) is 0 Å². The van der Waals surface area contributed by atoms with Gasteiger partial charge in [-0.05, 0) is 18.1 Å². The molecule has 0 radical (unpaired) electrons. The predicted octanol–water partition coefficient (Wildman–Crippen LogP) is 2.17. The molecule has 0 bridgehead atoms. The molecule has 0 aliphatic rings. The Morgan fingerprint density at radius 2 is 2.05 bits per heavy atom. The van der Waals surface area contributed by atoms with Gasteiger partial charge in [0.15, 0.2) is 0 Å². The average Bonchev–Trinajstić information content (AvgIpc) is 3.00. The molecule has 3 rings (SSSR count). The fraction of sp³-hybridized carbons (Fsp3) is 0.333. The van der Waals surface area contributed by atoms with E-state index in [0.717, 1.165) is 11.3 Å². The molecule has 0 fully saturated rings. The molecule has 6 nitrogen and oxygen atoms in total. The molecule has 3 aromatic rings. The highest BCUT2D eigenvalue weighted by atomic mass is 32.2. The molecule has 3 aromatic heterocycles. The second kappa shape index (κ2) is 5.24. The topological polar surface area (TPSA) is 69.3 Å². The molecular formula is C15H18N4O2S. The zero-order chi connectivity index (χ0) is 15.9. The summed E-state index contributed by atoms with van der Waals surface area (Å²) in [5.41, 5.74) is 2.14. The van der Waals surface area contributed by atoms with Crippen molar-refractivity contribution in [2.45, 2.75) is 30.7 Å². The van der Waals surface area contributed by atoms with Crippen LogP contribution >= 0.6 is 0 Å². The monoisotopic (exact) mass is 318 g/mol. The summed E-state index contributed by atoms with van der Waals surface area (Å²) in [6.07, 6.45) is 5.20. The minimum atomic E-state index is -3.53. The Hall–Kier alpha value is -2.15. The van der Waals surface area contributed by atoms with Gasteiger partial charge in [0.05, 0.1) is 5.69 Å². The van der Waals surface area contributed by atoms with E-state index in [0.29, 0.717) is 5.69 Å². The van der Waals surface area contributed by atoms with E-state index < -0.39 is 9.84 Å². The average molecular weight is 318 g/mol. The van der Waals surface area contributed by atoms with Crippen molar-refractivity contribution in [3.63, 3.8) is 0 Å². The van der Waals surface area contributed by atoms with E-state index in [1.54, 1.807) is 24.0 Å². The van der Waals surface area contributed by atoms with Crippen molar-refractivity contribution in [2.24, 2.45) is 7.05 Å². The molecule has 0 aliphatic carbocycles. The second-order valence-electron chi connectivity index (χ2n) is 5.64. The third-order valence-electron chi connectivity index (χ3n) is 3.60. The summed E-state index contributed by atoms with van der Waals surface area (Å²) in [6.45, 7) is 4.02. The summed E-state index contributed by atoms with van der Waals surface area (Å²) in [5.74, 6) is 0.0634. The largest absolute Gasteiger partial charge is 0.322 e. The van der Waals surface area contributed by atoms with Crippen molar-refractivity contribution in [1.29, 1.82) is 0 Å². The number of nitrogens with zero attached hydrogens (tertiary/aromatic N) is 4. The number of hydrogen-bond acceptors (Lipinski definition) is 4. The fourth-order valence-electron chi connectivity index (χ4n) is 2.55. The number of rotatable bonds is 4. The van der Waals surface area contributed by atoms with E-state index in [2.05, 4.69) is 9.97 Å². The SMILES string of the molecule is CC(C)c1cnc(S(=O)(=O)Cc2cn3ccccc3n2)n1C. The van der Waals surface area contributed by atoms with Crippen LogP contribution in [0, 0.1) is 0 Å². The molecule has 0 amide bonds. The normalized spacial score (nSPS) is 12.4. The Balaban J connectivity index is 1.96. The van der Waals surface area contributed by atoms with Gasteiger partial charge in [-0.2, -0.15) is 0 Å². The van der Waals surface area contributed by atoms with Crippen LogP contribution in [-0.4, -0.2) is 27.4 Å². The summed E-state index contributed by atoms with van der Waals surface area (Å²) >= 11 is 0. The predicted molar refractivity (Wildman–Crippen MR) is 83.4 cm³/mol. The molecule has 0 aliphatic heterocycles. The molecule has 0 unspecified atom stereocenters. The number of fused-ring (bicyclic) bond motifs is 1. The van der Waals surface area contributed by atoms with E-state index in [1.165, 1.54) is 0 Å². The van der Waals surface area contributed by atoms with Crippen LogP contribution in [0.15, 0.2) is 41.9 Å². The van der Waals surface area contributed by atoms with Crippen molar-refractivity contribution in [3.8, 4) is 0 Å². The van der Waals surface area contributed by atoms with Gasteiger partial charge in [0.2, 0.25) is 15.0 Å². The first-order valence-electron chi connectivity index (χ1n) is 7.05. The number of hydrogen-bond donors (Lipinski definition) is 0. The van der Waals surface area contributed by atoms with Crippen molar-refractivity contribution in [3.05, 3.63) is 48.2 Å². The molecular weight excluding hydrogens is 300 g/mol. The first kappa shape index (κ1) is 14.8. The van der Waals surface area contributed by atoms with Gasteiger partial charge >= 0.3 is 0 Å². The molecule has 0 N–H and O–H groups in total. The van der Waals surface area contributed by atoms with Gasteiger partial charge in [-0.1, -0.05) is 19.9 Å². The third-order valence-corrected chi connectivity index (χ3v) is 5.21. The summed E-state index contributed by atoms with van der Waals surface area (Å²) in [6, 6.07) is 5.59. The maximum absolute atomic E-state index is 12.6. The molecule has 22 heavy (non-hydrogen) atoms. The highest BCUT2D eigenvalue weighted by Gasteiger charge is 2.24. The smallest absolute Gasteiger partial charge is 0.227 e. The Kier molecular flexibility index (Phi) is 3.52. The lowest BCUT2D eigenvalue weighted by molar-refractivity contribution is 0.573. The van der Waals surface area contributed by atoms with Crippen LogP contribution in [0.4, 0.5) is 0 Å². The van der Waals surface area contributed by atoms with Crippen molar-refractivity contribution >= 4 is 15.5 Å². The van der Waals surface area contributed by atoms with Crippen LogP contribution in [0.2, 0.25) is 0 Å². The maximum atomic E-state index is 12.6. The van der Waals surface area contributed by atoms with E-state index >= 15 is 0 Å². The third kappa shape index (κ3) is 2.52. The first-order valence-corrected chi connectivity index (χ1v) is 8.70. The van der Waals surface area contributed by atoms with Crippen LogP contribution in [0.1, 0.15) is 31.2 Å². The molecule has 0 aromatic carbocycles. The number of pyridine rings is 1. The lowest BCUT2D eigenvalue weighted by Crippen LogP contribution is -2.12. The summed E-state index contributed by atoms with van der Waals surface area (Å²) < 4.78 is 28.7. The minimum Gasteiger partial charge on any atom is -0.322 e. The number of sulfone groups is 1. The fourth-order valence-corrected chi connectivity index (χ4v) is 3.94. The van der Waals surface area contributed by atoms with Crippen LogP contribution in [0.25, 0.3) is 5.65 Å². The molecule has 7 heteroatoms. The van der Waals surface area contributed by atoms with Gasteiger partial charge in [0, 0.05) is 31.3 Å². The van der Waals surface area contributed by atoms with E-state index in [1.807, 2.05) is 42.6 Å². The van der Waals surface area contributed by atoms with Crippen molar-refractivity contribution in [1.82, 2.24) is 18.9 Å². The Bertz CT molecular complexity index is 889. The summed E-state index contributed by atoms with van der Waals surface area (Å²) in [7, 11) is -1.79. The molecule has 116 valence electrons. The van der Waals surface area contributed by atoms with Gasteiger partial charge in [-0.15, -0.1) is 0 Å². The van der Waals surface area contributed by atoms with E-state index in [4.69, 9.17) is 0 Å². The standard InChI is InChI=1S/C15H18N4O2S/c1-11(2)13-8-16-15(18(13)3)22(20,21)10-12-9-19-7-5-4-6-14(19)17-12/h4-9,11H,10H2,1-3H3. The highest BCUT2D eigenvalue weighted by Crippen LogP contribution is 2.20. The highest BCUT2D eigenvalue weighted by molar-refractivity contribution is 7.90. The molecule has 0 atom stereocenters. The maximum Gasteiger partial charge on any atom is 0.227 e. The first-order chi connectivity index (χ1) is 10.4. The number of imidazole rings is 2. The van der Waals surface area contributed by atoms with Gasteiger partial charge in [-0.3, -0.25) is 0 Å². The van der Waals surface area contributed by atoms with Crippen LogP contribution in [0.3, 0.4) is 0 Å². The van der Waals surface area contributed by atoms with Crippen LogP contribution in [-0.2, 0) is 22.6 Å². The molecule has 3 heterocycles. The molecule has 0 saturated carbocycles. The van der Waals surface area contributed by atoms with Gasteiger partial charge in [0.1, 0.15) is 11.4 Å². The van der Waals surface area contributed by atoms with Crippen molar-refractivity contribution < 1.29 is 8.42 Å². The number of aromatic nitrogens is 4. The van der Waals surface area contributed by atoms with E-state index in [9.17, 15) is 8.42 Å².